The average molecular weight is 204 g/mol. The lowest BCUT2D eigenvalue weighted by molar-refractivity contribution is 0.792. The van der Waals surface area contributed by atoms with Gasteiger partial charge in [0, 0.05) is 11.7 Å². The van der Waals surface area contributed by atoms with Crippen molar-refractivity contribution >= 4 is 10.9 Å². The molecule has 1 heterocycles. The lowest BCUT2D eigenvalue weighted by Gasteiger charge is -2.00. The molecule has 0 saturated heterocycles. The molecule has 0 aliphatic rings. The minimum absolute atomic E-state index is 1.04. The van der Waals surface area contributed by atoms with E-state index in [0.717, 1.165) is 13.0 Å². The Bertz CT molecular complexity index is 390. The highest BCUT2D eigenvalue weighted by molar-refractivity contribution is 5.79. The van der Waals surface area contributed by atoms with Gasteiger partial charge in [0.15, 0.2) is 0 Å². The highest BCUT2D eigenvalue weighted by Gasteiger charge is 1.95. The van der Waals surface area contributed by atoms with Crippen molar-refractivity contribution in [2.45, 2.75) is 20.3 Å². The lowest BCUT2D eigenvalue weighted by atomic mass is 10.1. The molecule has 0 unspecified atom stereocenters. The molecule has 1 aromatic carbocycles. The van der Waals surface area contributed by atoms with Gasteiger partial charge in [-0.15, -0.1) is 0 Å². The van der Waals surface area contributed by atoms with Gasteiger partial charge in [-0.3, -0.25) is 0 Å². The number of aromatic amines is 1. The second-order valence-corrected chi connectivity index (χ2v) is 3.25. The molecule has 0 aliphatic carbocycles. The number of fused-ring (bicyclic) bond motifs is 1. The molecule has 2 nitrogen and oxygen atoms in total. The zero-order valence-electron chi connectivity index (χ0n) is 9.80. The van der Waals surface area contributed by atoms with Gasteiger partial charge in [0.05, 0.1) is 0 Å². The van der Waals surface area contributed by atoms with Crippen LogP contribution in [0.25, 0.3) is 10.9 Å². The van der Waals surface area contributed by atoms with E-state index in [9.17, 15) is 0 Å². The average Bonchev–Trinajstić information content (AvgIpc) is 2.76. The molecular weight excluding hydrogens is 184 g/mol. The van der Waals surface area contributed by atoms with Gasteiger partial charge in [-0.05, 0) is 49.2 Å². The van der Waals surface area contributed by atoms with Crippen LogP contribution in [0.5, 0.6) is 0 Å². The first kappa shape index (κ1) is 11.8. The van der Waals surface area contributed by atoms with Crippen LogP contribution in [0.3, 0.4) is 0 Å². The van der Waals surface area contributed by atoms with E-state index in [1.54, 1.807) is 0 Å². The van der Waals surface area contributed by atoms with Crippen molar-refractivity contribution in [1.29, 1.82) is 0 Å². The molecule has 82 valence electrons. The topological polar surface area (TPSA) is 27.8 Å². The molecule has 2 aromatic rings. The van der Waals surface area contributed by atoms with Crippen LogP contribution < -0.4 is 5.32 Å². The Labute approximate surface area is 91.7 Å². The normalized spacial score (nSPS) is 9.80. The van der Waals surface area contributed by atoms with Crippen LogP contribution in [-0.4, -0.2) is 18.6 Å². The third-order valence-corrected chi connectivity index (χ3v) is 2.28. The predicted octanol–water partition coefficient (Wildman–Crippen LogP) is 2.96. The van der Waals surface area contributed by atoms with Gasteiger partial charge in [0.1, 0.15) is 0 Å². The summed E-state index contributed by atoms with van der Waals surface area (Å²) < 4.78 is 0. The highest BCUT2D eigenvalue weighted by atomic mass is 14.8. The fraction of sp³-hybridized carbons (Fsp3) is 0.385. The number of hydrogen-bond acceptors (Lipinski definition) is 1. The summed E-state index contributed by atoms with van der Waals surface area (Å²) in [4.78, 5) is 3.19. The maximum Gasteiger partial charge on any atom is 0.0454 e. The molecule has 0 amide bonds. The summed E-state index contributed by atoms with van der Waals surface area (Å²) in [6.45, 7) is 5.04. The summed E-state index contributed by atoms with van der Waals surface area (Å²) in [6, 6.07) is 8.66. The third-order valence-electron chi connectivity index (χ3n) is 2.28. The van der Waals surface area contributed by atoms with Gasteiger partial charge in [-0.2, -0.15) is 0 Å². The smallest absolute Gasteiger partial charge is 0.0454 e. The SMILES string of the molecule is CC.CNCCc1ccc2[nH]ccc2c1. The van der Waals surface area contributed by atoms with Crippen LogP contribution in [-0.2, 0) is 6.42 Å². The molecule has 0 aliphatic heterocycles. The Hall–Kier alpha value is -1.28. The maximum absolute atomic E-state index is 3.19. The van der Waals surface area contributed by atoms with E-state index in [0.29, 0.717) is 0 Å². The number of likely N-dealkylation sites (N-methyl/N-ethyl adjacent to an activating group) is 1. The van der Waals surface area contributed by atoms with E-state index in [1.165, 1.54) is 16.5 Å². The van der Waals surface area contributed by atoms with Gasteiger partial charge in [-0.25, -0.2) is 0 Å². The van der Waals surface area contributed by atoms with Crippen molar-refractivity contribution in [3.05, 3.63) is 36.0 Å². The first-order valence-corrected chi connectivity index (χ1v) is 5.61. The van der Waals surface area contributed by atoms with Crippen LogP contribution >= 0.6 is 0 Å². The molecular formula is C13H20N2. The molecule has 1 aromatic heterocycles. The monoisotopic (exact) mass is 204 g/mol. The van der Waals surface area contributed by atoms with Gasteiger partial charge < -0.3 is 10.3 Å². The first-order chi connectivity index (χ1) is 7.40. The quantitative estimate of drug-likeness (QED) is 0.790. The predicted molar refractivity (Wildman–Crippen MR) is 67.3 cm³/mol. The van der Waals surface area contributed by atoms with E-state index in [4.69, 9.17) is 0 Å². The number of aromatic nitrogens is 1. The van der Waals surface area contributed by atoms with Crippen LogP contribution in [0.2, 0.25) is 0 Å². The van der Waals surface area contributed by atoms with Crippen LogP contribution in [0.1, 0.15) is 19.4 Å². The van der Waals surface area contributed by atoms with Crippen molar-refractivity contribution in [3.8, 4) is 0 Å². The largest absolute Gasteiger partial charge is 0.361 e. The van der Waals surface area contributed by atoms with E-state index >= 15 is 0 Å². The second kappa shape index (κ2) is 6.25. The maximum atomic E-state index is 3.19. The summed E-state index contributed by atoms with van der Waals surface area (Å²) in [5.41, 5.74) is 2.61. The summed E-state index contributed by atoms with van der Waals surface area (Å²) in [6.07, 6.45) is 3.07. The zero-order valence-corrected chi connectivity index (χ0v) is 9.80. The van der Waals surface area contributed by atoms with Crippen LogP contribution in [0.4, 0.5) is 0 Å². The summed E-state index contributed by atoms with van der Waals surface area (Å²) >= 11 is 0. The van der Waals surface area contributed by atoms with Crippen LogP contribution in [0, 0.1) is 0 Å². The van der Waals surface area contributed by atoms with Crippen molar-refractivity contribution in [3.63, 3.8) is 0 Å². The molecule has 0 spiro atoms. The summed E-state index contributed by atoms with van der Waals surface area (Å²) in [5, 5.41) is 4.45. The Balaban J connectivity index is 0.000000531. The van der Waals surface area contributed by atoms with Crippen molar-refractivity contribution < 1.29 is 0 Å². The number of nitrogens with one attached hydrogen (secondary N) is 2. The Morgan fingerprint density at radius 1 is 1.20 bits per heavy atom. The number of rotatable bonds is 3. The molecule has 2 N–H and O–H groups in total. The van der Waals surface area contributed by atoms with E-state index in [1.807, 2.05) is 27.1 Å². The van der Waals surface area contributed by atoms with E-state index in [-0.39, 0.29) is 0 Å². The molecule has 2 heteroatoms. The molecule has 2 rings (SSSR count). The van der Waals surface area contributed by atoms with Crippen molar-refractivity contribution in [2.24, 2.45) is 0 Å². The molecule has 0 bridgehead atoms. The minimum atomic E-state index is 1.04. The molecule has 15 heavy (non-hydrogen) atoms. The molecule has 0 atom stereocenters. The highest BCUT2D eigenvalue weighted by Crippen LogP contribution is 2.14. The fourth-order valence-electron chi connectivity index (χ4n) is 1.53. The number of benzene rings is 1. The van der Waals surface area contributed by atoms with Gasteiger partial charge in [0.25, 0.3) is 0 Å². The lowest BCUT2D eigenvalue weighted by Crippen LogP contribution is -2.10. The van der Waals surface area contributed by atoms with E-state index in [2.05, 4.69) is 34.6 Å². The second-order valence-electron chi connectivity index (χ2n) is 3.25. The Morgan fingerprint density at radius 2 is 2.00 bits per heavy atom. The van der Waals surface area contributed by atoms with Gasteiger partial charge in [0.2, 0.25) is 0 Å². The number of hydrogen-bond donors (Lipinski definition) is 2. The minimum Gasteiger partial charge on any atom is -0.361 e. The first-order valence-electron chi connectivity index (χ1n) is 5.61. The van der Waals surface area contributed by atoms with Gasteiger partial charge in [-0.1, -0.05) is 19.9 Å². The zero-order chi connectivity index (χ0) is 11.1. The third kappa shape index (κ3) is 3.10. The van der Waals surface area contributed by atoms with Crippen molar-refractivity contribution in [2.75, 3.05) is 13.6 Å². The molecule has 0 saturated carbocycles. The van der Waals surface area contributed by atoms with Crippen molar-refractivity contribution in [1.82, 2.24) is 10.3 Å². The standard InChI is InChI=1S/C11H14N2.C2H6/c1-12-6-4-9-2-3-11-10(8-9)5-7-13-11;1-2/h2-3,5,7-8,12-13H,4,6H2,1H3;1-2H3. The van der Waals surface area contributed by atoms with Gasteiger partial charge >= 0.3 is 0 Å². The fourth-order valence-corrected chi connectivity index (χ4v) is 1.53. The Morgan fingerprint density at radius 3 is 2.73 bits per heavy atom. The van der Waals surface area contributed by atoms with Crippen LogP contribution in [0.15, 0.2) is 30.5 Å². The molecule has 0 fully saturated rings. The Kier molecular flexibility index (Phi) is 4.91. The summed E-state index contributed by atoms with van der Waals surface area (Å²) in [7, 11) is 1.98. The van der Waals surface area contributed by atoms with E-state index < -0.39 is 0 Å². The summed E-state index contributed by atoms with van der Waals surface area (Å²) in [5.74, 6) is 0. The molecule has 0 radical (unpaired) electrons. The number of H-pyrrole nitrogens is 1.